The number of carbonyl (C=O) groups excluding carboxylic acids is 1. The van der Waals surface area contributed by atoms with Crippen molar-refractivity contribution < 1.29 is 9.53 Å². The smallest absolute Gasteiger partial charge is 0.275 e. The van der Waals surface area contributed by atoms with E-state index >= 15 is 0 Å². The molecular weight excluding hydrogens is 356 g/mol. The van der Waals surface area contributed by atoms with Crippen molar-refractivity contribution in [2.45, 2.75) is 6.54 Å². The van der Waals surface area contributed by atoms with Gasteiger partial charge in [0, 0.05) is 51.0 Å². The number of carbonyl (C=O) groups is 1. The number of rotatable bonds is 4. The molecule has 1 saturated heterocycles. The van der Waals surface area contributed by atoms with Gasteiger partial charge in [-0.25, -0.2) is 0 Å². The van der Waals surface area contributed by atoms with Crippen LogP contribution in [0.3, 0.4) is 0 Å². The number of piperazine rings is 1. The van der Waals surface area contributed by atoms with Crippen molar-refractivity contribution in [1.82, 2.24) is 14.0 Å². The molecule has 1 aliphatic heterocycles. The molecule has 1 fully saturated rings. The Morgan fingerprint density at radius 2 is 1.75 bits per heavy atom. The number of aryl methyl sites for hydroxylation is 1. The number of fused-ring (bicyclic) bond motifs is 1. The highest BCUT2D eigenvalue weighted by Crippen LogP contribution is 2.28. The molecule has 2 aromatic heterocycles. The lowest BCUT2D eigenvalue weighted by Crippen LogP contribution is -2.50. The molecule has 1 amide bonds. The van der Waals surface area contributed by atoms with Gasteiger partial charge in [-0.2, -0.15) is 0 Å². The molecule has 0 saturated carbocycles. The average Bonchev–Trinajstić information content (AvgIpc) is 3.11. The fourth-order valence-electron chi connectivity index (χ4n) is 3.79. The SMILES string of the molecule is COc1ccccc1N1CCN(C(=O)Cn2ccc3ccn(C)c3c2=O)CC1. The second-order valence-electron chi connectivity index (χ2n) is 7.02. The van der Waals surface area contributed by atoms with Crippen molar-refractivity contribution in [2.24, 2.45) is 7.05 Å². The van der Waals surface area contributed by atoms with Gasteiger partial charge in [-0.15, -0.1) is 0 Å². The first-order valence-corrected chi connectivity index (χ1v) is 9.38. The lowest BCUT2D eigenvalue weighted by Gasteiger charge is -2.36. The maximum atomic E-state index is 12.8. The largest absolute Gasteiger partial charge is 0.495 e. The molecule has 7 nitrogen and oxygen atoms in total. The number of hydrogen-bond acceptors (Lipinski definition) is 4. The van der Waals surface area contributed by atoms with Crippen LogP contribution in [0.2, 0.25) is 0 Å². The summed E-state index contributed by atoms with van der Waals surface area (Å²) < 4.78 is 8.73. The number of hydrogen-bond donors (Lipinski definition) is 0. The Bertz CT molecular complexity index is 1060. The van der Waals surface area contributed by atoms with E-state index < -0.39 is 0 Å². The van der Waals surface area contributed by atoms with Gasteiger partial charge in [0.2, 0.25) is 5.91 Å². The quantitative estimate of drug-likeness (QED) is 0.691. The molecule has 0 bridgehead atoms. The fraction of sp³-hybridized carbons (Fsp3) is 0.333. The van der Waals surface area contributed by atoms with Crippen molar-refractivity contribution >= 4 is 22.5 Å². The van der Waals surface area contributed by atoms with E-state index in [4.69, 9.17) is 4.74 Å². The molecule has 0 spiro atoms. The van der Waals surface area contributed by atoms with E-state index in [2.05, 4.69) is 4.90 Å². The van der Waals surface area contributed by atoms with Crippen LogP contribution in [0.15, 0.2) is 53.6 Å². The van der Waals surface area contributed by atoms with Crippen LogP contribution in [-0.4, -0.2) is 53.2 Å². The highest BCUT2D eigenvalue weighted by Gasteiger charge is 2.23. The predicted octanol–water partition coefficient (Wildman–Crippen LogP) is 1.70. The molecule has 0 aliphatic carbocycles. The van der Waals surface area contributed by atoms with Crippen molar-refractivity contribution in [2.75, 3.05) is 38.2 Å². The van der Waals surface area contributed by atoms with E-state index in [1.807, 2.05) is 54.5 Å². The number of amides is 1. The molecule has 3 heterocycles. The van der Waals surface area contributed by atoms with E-state index in [0.717, 1.165) is 29.9 Å². The minimum atomic E-state index is -0.133. The number of nitrogens with zero attached hydrogens (tertiary/aromatic N) is 4. The summed E-state index contributed by atoms with van der Waals surface area (Å²) in [5.74, 6) is 0.806. The van der Waals surface area contributed by atoms with Crippen LogP contribution in [0.5, 0.6) is 5.75 Å². The second-order valence-corrected chi connectivity index (χ2v) is 7.02. The zero-order valence-corrected chi connectivity index (χ0v) is 16.2. The van der Waals surface area contributed by atoms with E-state index in [1.165, 1.54) is 4.57 Å². The van der Waals surface area contributed by atoms with Gasteiger partial charge in [0.1, 0.15) is 17.8 Å². The highest BCUT2D eigenvalue weighted by molar-refractivity contribution is 5.80. The van der Waals surface area contributed by atoms with Crippen LogP contribution < -0.4 is 15.2 Å². The summed E-state index contributed by atoms with van der Waals surface area (Å²) in [6.45, 7) is 2.78. The van der Waals surface area contributed by atoms with E-state index in [0.29, 0.717) is 18.6 Å². The van der Waals surface area contributed by atoms with Crippen molar-refractivity contribution in [3.8, 4) is 5.75 Å². The van der Waals surface area contributed by atoms with Crippen LogP contribution in [0.1, 0.15) is 0 Å². The Morgan fingerprint density at radius 1 is 1.04 bits per heavy atom. The Balaban J connectivity index is 1.44. The lowest BCUT2D eigenvalue weighted by molar-refractivity contribution is -0.132. The van der Waals surface area contributed by atoms with Gasteiger partial charge in [0.15, 0.2) is 0 Å². The van der Waals surface area contributed by atoms with E-state index in [1.54, 1.807) is 17.9 Å². The molecule has 0 unspecified atom stereocenters. The first kappa shape index (κ1) is 18.2. The first-order valence-electron chi connectivity index (χ1n) is 9.38. The molecule has 0 radical (unpaired) electrons. The van der Waals surface area contributed by atoms with Gasteiger partial charge < -0.3 is 23.7 Å². The van der Waals surface area contributed by atoms with Gasteiger partial charge in [-0.05, 0) is 24.3 Å². The monoisotopic (exact) mass is 380 g/mol. The van der Waals surface area contributed by atoms with Crippen LogP contribution >= 0.6 is 0 Å². The van der Waals surface area contributed by atoms with Gasteiger partial charge in [0.05, 0.1) is 12.8 Å². The van der Waals surface area contributed by atoms with Gasteiger partial charge in [-0.3, -0.25) is 9.59 Å². The predicted molar refractivity (Wildman–Crippen MR) is 109 cm³/mol. The molecule has 4 rings (SSSR count). The lowest BCUT2D eigenvalue weighted by atomic mass is 10.2. The van der Waals surface area contributed by atoms with Gasteiger partial charge in [-0.1, -0.05) is 12.1 Å². The number of ether oxygens (including phenoxy) is 1. The summed E-state index contributed by atoms with van der Waals surface area (Å²) in [5, 5.41) is 0.890. The maximum Gasteiger partial charge on any atom is 0.275 e. The van der Waals surface area contributed by atoms with Crippen LogP contribution in [-0.2, 0) is 18.4 Å². The molecule has 7 heteroatoms. The van der Waals surface area contributed by atoms with Crippen LogP contribution in [0, 0.1) is 0 Å². The van der Waals surface area contributed by atoms with Gasteiger partial charge >= 0.3 is 0 Å². The molecule has 3 aromatic rings. The Labute approximate surface area is 163 Å². The van der Waals surface area contributed by atoms with E-state index in [9.17, 15) is 9.59 Å². The van der Waals surface area contributed by atoms with Crippen LogP contribution in [0.4, 0.5) is 5.69 Å². The summed E-state index contributed by atoms with van der Waals surface area (Å²) in [7, 11) is 3.51. The third kappa shape index (κ3) is 3.24. The molecule has 146 valence electrons. The van der Waals surface area contributed by atoms with Gasteiger partial charge in [0.25, 0.3) is 5.56 Å². The number of methoxy groups -OCH3 is 1. The number of para-hydroxylation sites is 2. The van der Waals surface area contributed by atoms with Crippen molar-refractivity contribution in [3.05, 3.63) is 59.1 Å². The maximum absolute atomic E-state index is 12.8. The number of benzene rings is 1. The zero-order chi connectivity index (χ0) is 19.7. The molecule has 28 heavy (non-hydrogen) atoms. The van der Waals surface area contributed by atoms with Crippen LogP contribution in [0.25, 0.3) is 10.9 Å². The minimum Gasteiger partial charge on any atom is -0.495 e. The third-order valence-electron chi connectivity index (χ3n) is 5.37. The summed E-state index contributed by atoms with van der Waals surface area (Å²) >= 11 is 0. The molecule has 1 aliphatic rings. The molecule has 1 aromatic carbocycles. The molecule has 0 atom stereocenters. The molecular formula is C21H24N4O3. The van der Waals surface area contributed by atoms with Crippen molar-refractivity contribution in [1.29, 1.82) is 0 Å². The Hall–Kier alpha value is -3.22. The second kappa shape index (κ2) is 7.42. The number of anilines is 1. The Kier molecular flexibility index (Phi) is 4.81. The van der Waals surface area contributed by atoms with E-state index in [-0.39, 0.29) is 18.0 Å². The highest BCUT2D eigenvalue weighted by atomic mass is 16.5. The zero-order valence-electron chi connectivity index (χ0n) is 16.2. The van der Waals surface area contributed by atoms with Crippen molar-refractivity contribution in [3.63, 3.8) is 0 Å². The topological polar surface area (TPSA) is 59.7 Å². The summed E-state index contributed by atoms with van der Waals surface area (Å²) in [4.78, 5) is 29.5. The summed E-state index contributed by atoms with van der Waals surface area (Å²) in [6, 6.07) is 11.7. The fourth-order valence-corrected chi connectivity index (χ4v) is 3.79. The average molecular weight is 380 g/mol. The number of aromatic nitrogens is 2. The standard InChI is InChI=1S/C21H24N4O3/c1-22-9-7-16-8-10-25(21(27)20(16)22)15-19(26)24-13-11-23(12-14-24)17-5-3-4-6-18(17)28-2/h3-10H,11-15H2,1-2H3. The summed E-state index contributed by atoms with van der Waals surface area (Å²) in [5.41, 5.74) is 1.53. The molecule has 0 N–H and O–H groups in total. The minimum absolute atomic E-state index is 0.0321. The number of pyridine rings is 1. The summed E-state index contributed by atoms with van der Waals surface area (Å²) in [6.07, 6.45) is 3.56. The normalized spacial score (nSPS) is 14.5. The first-order chi connectivity index (χ1) is 13.6. The third-order valence-corrected chi connectivity index (χ3v) is 5.37. The Morgan fingerprint density at radius 3 is 2.50 bits per heavy atom.